The van der Waals surface area contributed by atoms with Crippen molar-refractivity contribution >= 4 is 28.3 Å². The largest absolute Gasteiger partial charge is 0.497 e. The third-order valence-electron chi connectivity index (χ3n) is 6.89. The average molecular weight is 518 g/mol. The summed E-state index contributed by atoms with van der Waals surface area (Å²) in [6.45, 7) is 1.87. The number of para-hydroxylation sites is 1. The highest BCUT2D eigenvalue weighted by atomic mass is 16.5. The van der Waals surface area contributed by atoms with Gasteiger partial charge in [0.25, 0.3) is 5.91 Å². The highest BCUT2D eigenvalue weighted by Crippen LogP contribution is 2.42. The third kappa shape index (κ3) is 4.35. The molecule has 0 saturated heterocycles. The number of anilines is 2. The van der Waals surface area contributed by atoms with Crippen LogP contribution in [0.3, 0.4) is 0 Å². The molecule has 194 valence electrons. The molecule has 0 radical (unpaired) electrons. The number of aromatic nitrogens is 3. The van der Waals surface area contributed by atoms with E-state index in [1.165, 1.54) is 0 Å². The summed E-state index contributed by atoms with van der Waals surface area (Å²) in [6, 6.07) is 28.5. The quantitative estimate of drug-likeness (QED) is 0.285. The summed E-state index contributed by atoms with van der Waals surface area (Å²) >= 11 is 0. The van der Waals surface area contributed by atoms with Gasteiger partial charge in [-0.15, -0.1) is 5.10 Å². The summed E-state index contributed by atoms with van der Waals surface area (Å²) in [5.74, 6) is 2.07. The van der Waals surface area contributed by atoms with Crippen molar-refractivity contribution in [1.82, 2.24) is 14.8 Å². The normalized spacial score (nSPS) is 14.5. The number of nitrogens with zero attached hydrogens (tertiary/aromatic N) is 3. The Labute approximate surface area is 225 Å². The molecule has 8 nitrogen and oxygen atoms in total. The zero-order chi connectivity index (χ0) is 26.9. The van der Waals surface area contributed by atoms with Gasteiger partial charge in [-0.1, -0.05) is 60.7 Å². The number of nitrogens with one attached hydrogen (secondary N) is 2. The van der Waals surface area contributed by atoms with Gasteiger partial charge < -0.3 is 20.1 Å². The van der Waals surface area contributed by atoms with Crippen LogP contribution in [0.15, 0.2) is 102 Å². The van der Waals surface area contributed by atoms with Crippen LogP contribution in [-0.4, -0.2) is 34.9 Å². The second kappa shape index (κ2) is 9.98. The summed E-state index contributed by atoms with van der Waals surface area (Å²) in [5, 5.41) is 13.5. The van der Waals surface area contributed by atoms with E-state index >= 15 is 0 Å². The van der Waals surface area contributed by atoms with Gasteiger partial charge in [-0.25, -0.2) is 4.68 Å². The fourth-order valence-corrected chi connectivity index (χ4v) is 5.04. The summed E-state index contributed by atoms with van der Waals surface area (Å²) in [5.41, 5.74) is 3.49. The van der Waals surface area contributed by atoms with E-state index in [4.69, 9.17) is 19.6 Å². The molecule has 39 heavy (non-hydrogen) atoms. The van der Waals surface area contributed by atoms with E-state index in [1.54, 1.807) is 18.9 Å². The van der Waals surface area contributed by atoms with Crippen LogP contribution >= 0.6 is 0 Å². The van der Waals surface area contributed by atoms with E-state index in [9.17, 15) is 4.79 Å². The van der Waals surface area contributed by atoms with Gasteiger partial charge in [0.15, 0.2) is 5.82 Å². The van der Waals surface area contributed by atoms with Crippen molar-refractivity contribution in [1.29, 1.82) is 0 Å². The maximum atomic E-state index is 13.8. The number of carbonyl (C=O) groups is 1. The summed E-state index contributed by atoms with van der Waals surface area (Å²) in [6.07, 6.45) is 0. The van der Waals surface area contributed by atoms with Crippen molar-refractivity contribution in [3.05, 3.63) is 108 Å². The number of benzene rings is 4. The van der Waals surface area contributed by atoms with Gasteiger partial charge in [-0.05, 0) is 48.0 Å². The molecule has 0 bridgehead atoms. The van der Waals surface area contributed by atoms with Crippen molar-refractivity contribution in [2.75, 3.05) is 24.9 Å². The zero-order valence-corrected chi connectivity index (χ0v) is 21.8. The Hall–Kier alpha value is -5.11. The van der Waals surface area contributed by atoms with Crippen LogP contribution in [0.1, 0.15) is 18.5 Å². The number of ether oxygens (including phenoxy) is 2. The molecule has 6 rings (SSSR count). The maximum Gasteiger partial charge on any atom is 0.255 e. The Morgan fingerprint density at radius 2 is 1.69 bits per heavy atom. The molecule has 1 amide bonds. The lowest BCUT2D eigenvalue weighted by molar-refractivity contribution is -0.113. The van der Waals surface area contributed by atoms with Crippen molar-refractivity contribution in [2.45, 2.75) is 13.0 Å². The molecule has 1 unspecified atom stereocenters. The molecule has 5 aromatic rings. The van der Waals surface area contributed by atoms with Gasteiger partial charge in [0.2, 0.25) is 5.95 Å². The summed E-state index contributed by atoms with van der Waals surface area (Å²) in [7, 11) is 3.22. The first kappa shape index (κ1) is 24.2. The molecule has 8 heteroatoms. The van der Waals surface area contributed by atoms with E-state index in [1.807, 2.05) is 79.7 Å². The molecule has 0 saturated carbocycles. The van der Waals surface area contributed by atoms with E-state index in [0.717, 1.165) is 21.9 Å². The number of methoxy groups -OCH3 is 2. The number of hydrogen-bond acceptors (Lipinski definition) is 6. The van der Waals surface area contributed by atoms with E-state index < -0.39 is 6.04 Å². The van der Waals surface area contributed by atoms with E-state index in [0.29, 0.717) is 40.2 Å². The third-order valence-corrected chi connectivity index (χ3v) is 6.89. The molecule has 0 aliphatic carbocycles. The molecule has 1 atom stereocenters. The fourth-order valence-electron chi connectivity index (χ4n) is 5.04. The first-order chi connectivity index (χ1) is 19.1. The number of hydrogen-bond donors (Lipinski definition) is 2. The van der Waals surface area contributed by atoms with Crippen LogP contribution in [0, 0.1) is 0 Å². The van der Waals surface area contributed by atoms with Gasteiger partial charge in [0.1, 0.15) is 17.5 Å². The van der Waals surface area contributed by atoms with E-state index in [2.05, 4.69) is 28.8 Å². The first-order valence-corrected chi connectivity index (χ1v) is 12.6. The molecule has 4 aromatic carbocycles. The minimum Gasteiger partial charge on any atom is -0.497 e. The lowest BCUT2D eigenvalue weighted by Gasteiger charge is -2.29. The molecule has 0 fully saturated rings. The van der Waals surface area contributed by atoms with Crippen LogP contribution in [0.5, 0.6) is 11.5 Å². The Balaban J connectivity index is 1.53. The average Bonchev–Trinajstić information content (AvgIpc) is 3.39. The van der Waals surface area contributed by atoms with E-state index in [-0.39, 0.29) is 5.91 Å². The fraction of sp³-hybridized carbons (Fsp3) is 0.129. The SMILES string of the molecule is COc1ccc(OC)c(C2C(C(=O)Nc3ccccc3)=C(C)Nc3nc(-c4cccc5ccccc45)nn32)c1. The predicted octanol–water partition coefficient (Wildman–Crippen LogP) is 6.04. The first-order valence-electron chi connectivity index (χ1n) is 12.6. The molecule has 1 aromatic heterocycles. The van der Waals surface area contributed by atoms with Crippen LogP contribution < -0.4 is 20.1 Å². The van der Waals surface area contributed by atoms with Crippen LogP contribution in [0.2, 0.25) is 0 Å². The molecule has 1 aliphatic rings. The molecule has 2 N–H and O–H groups in total. The van der Waals surface area contributed by atoms with Crippen LogP contribution in [0.25, 0.3) is 22.2 Å². The molecule has 1 aliphatic heterocycles. The molecular weight excluding hydrogens is 490 g/mol. The second-order valence-corrected chi connectivity index (χ2v) is 9.22. The Morgan fingerprint density at radius 1 is 0.923 bits per heavy atom. The van der Waals surface area contributed by atoms with Gasteiger partial charge >= 0.3 is 0 Å². The standard InChI is InChI=1S/C31H27N5O3/c1-19-27(30(37)33-21-12-5-4-6-13-21)28(25-18-22(38-2)16-17-26(25)39-3)36-31(32-19)34-29(35-36)24-15-9-11-20-10-7-8-14-23(20)24/h4-18,28H,1-3H3,(H,33,37)(H,32,34,35). The summed E-state index contributed by atoms with van der Waals surface area (Å²) in [4.78, 5) is 18.7. The topological polar surface area (TPSA) is 90.3 Å². The smallest absolute Gasteiger partial charge is 0.255 e. The minimum atomic E-state index is -0.633. The van der Waals surface area contributed by atoms with Crippen LogP contribution in [-0.2, 0) is 4.79 Å². The zero-order valence-electron chi connectivity index (χ0n) is 21.8. The Bertz CT molecular complexity index is 1720. The summed E-state index contributed by atoms with van der Waals surface area (Å²) < 4.78 is 13.0. The van der Waals surface area contributed by atoms with Crippen LogP contribution in [0.4, 0.5) is 11.6 Å². The maximum absolute atomic E-state index is 13.8. The molecule has 0 spiro atoms. The monoisotopic (exact) mass is 517 g/mol. The minimum absolute atomic E-state index is 0.256. The van der Waals surface area contributed by atoms with Gasteiger partial charge in [-0.3, -0.25) is 4.79 Å². The van der Waals surface area contributed by atoms with Gasteiger partial charge in [-0.2, -0.15) is 4.98 Å². The lowest BCUT2D eigenvalue weighted by Crippen LogP contribution is -2.31. The number of amides is 1. The number of allylic oxidation sites excluding steroid dienone is 1. The van der Waals surface area contributed by atoms with Crippen molar-refractivity contribution in [3.63, 3.8) is 0 Å². The van der Waals surface area contributed by atoms with Crippen molar-refractivity contribution in [2.24, 2.45) is 0 Å². The van der Waals surface area contributed by atoms with Crippen molar-refractivity contribution in [3.8, 4) is 22.9 Å². The number of fused-ring (bicyclic) bond motifs is 2. The van der Waals surface area contributed by atoms with Crippen molar-refractivity contribution < 1.29 is 14.3 Å². The number of carbonyl (C=O) groups excluding carboxylic acids is 1. The van der Waals surface area contributed by atoms with Gasteiger partial charge in [0.05, 0.1) is 19.8 Å². The molecule has 2 heterocycles. The highest BCUT2D eigenvalue weighted by Gasteiger charge is 2.36. The highest BCUT2D eigenvalue weighted by molar-refractivity contribution is 6.06. The second-order valence-electron chi connectivity index (χ2n) is 9.22. The number of rotatable bonds is 6. The Kier molecular flexibility index (Phi) is 6.20. The lowest BCUT2D eigenvalue weighted by atomic mass is 9.94. The predicted molar refractivity (Wildman–Crippen MR) is 152 cm³/mol. The Morgan fingerprint density at radius 3 is 2.49 bits per heavy atom. The van der Waals surface area contributed by atoms with Gasteiger partial charge in [0, 0.05) is 22.5 Å². The molecular formula is C31H27N5O3.